The summed E-state index contributed by atoms with van der Waals surface area (Å²) in [5.41, 5.74) is 1.71. The van der Waals surface area contributed by atoms with Gasteiger partial charge in [0.1, 0.15) is 5.52 Å². The molecule has 0 radical (unpaired) electrons. The van der Waals surface area contributed by atoms with Crippen molar-refractivity contribution in [3.63, 3.8) is 0 Å². The third kappa shape index (κ3) is 4.26. The Morgan fingerprint density at radius 2 is 1.64 bits per heavy atom. The molecule has 1 aromatic heterocycles. The van der Waals surface area contributed by atoms with Gasteiger partial charge in [-0.15, -0.1) is 0 Å². The topological polar surface area (TPSA) is 82.1 Å². The first-order valence-corrected chi connectivity index (χ1v) is 8.12. The van der Waals surface area contributed by atoms with Crippen LogP contribution < -0.4 is 0 Å². The lowest BCUT2D eigenvalue weighted by Gasteiger charge is -2.03. The Morgan fingerprint density at radius 3 is 2.32 bits per heavy atom. The van der Waals surface area contributed by atoms with Gasteiger partial charge in [0.15, 0.2) is 0 Å². The number of non-ortho nitro benzene ring substituents is 1. The second-order valence-corrected chi connectivity index (χ2v) is 5.69. The van der Waals surface area contributed by atoms with Crippen LogP contribution >= 0.6 is 0 Å². The highest BCUT2D eigenvalue weighted by molar-refractivity contribution is 5.85. The van der Waals surface area contributed by atoms with Crippen LogP contribution in [-0.2, 0) is 6.42 Å². The summed E-state index contributed by atoms with van der Waals surface area (Å²) >= 11 is 0. The normalized spacial score (nSPS) is 11.1. The number of unbranched alkanes of at least 4 members (excludes halogenated alkanes) is 7. The monoisotopic (exact) mass is 305 g/mol. The van der Waals surface area contributed by atoms with Crippen molar-refractivity contribution in [1.29, 1.82) is 0 Å². The number of hydrogen-bond acceptors (Lipinski definition) is 5. The van der Waals surface area contributed by atoms with Gasteiger partial charge in [0.25, 0.3) is 0 Å². The molecule has 0 N–H and O–H groups in total. The molecule has 0 spiro atoms. The SMILES string of the molecule is CCCCCCCCCCc1ccc([N+](=O)[O-])c2nonc12. The van der Waals surface area contributed by atoms with Gasteiger partial charge in [-0.05, 0) is 34.8 Å². The van der Waals surface area contributed by atoms with E-state index in [4.69, 9.17) is 0 Å². The number of aryl methyl sites for hydroxylation is 1. The molecular weight excluding hydrogens is 282 g/mol. The number of nitro benzene ring substituents is 1. The van der Waals surface area contributed by atoms with E-state index in [1.165, 1.54) is 51.0 Å². The van der Waals surface area contributed by atoms with Crippen LogP contribution in [0, 0.1) is 10.1 Å². The highest BCUT2D eigenvalue weighted by Gasteiger charge is 2.18. The Bertz CT molecular complexity index is 610. The second-order valence-electron chi connectivity index (χ2n) is 5.69. The summed E-state index contributed by atoms with van der Waals surface area (Å²) in [4.78, 5) is 10.5. The van der Waals surface area contributed by atoms with Crippen LogP contribution in [0.5, 0.6) is 0 Å². The third-order valence-corrected chi connectivity index (χ3v) is 3.97. The molecule has 2 aromatic rings. The van der Waals surface area contributed by atoms with E-state index in [0.717, 1.165) is 18.4 Å². The third-order valence-electron chi connectivity index (χ3n) is 3.97. The lowest BCUT2D eigenvalue weighted by atomic mass is 10.0. The van der Waals surface area contributed by atoms with E-state index >= 15 is 0 Å². The van der Waals surface area contributed by atoms with Gasteiger partial charge in [-0.3, -0.25) is 10.1 Å². The molecule has 6 heteroatoms. The summed E-state index contributed by atoms with van der Waals surface area (Å²) in [5.74, 6) is 0. The molecule has 1 heterocycles. The fraction of sp³-hybridized carbons (Fsp3) is 0.625. The first-order chi connectivity index (χ1) is 10.7. The van der Waals surface area contributed by atoms with Gasteiger partial charge >= 0.3 is 5.69 Å². The Kier molecular flexibility index (Phi) is 6.30. The highest BCUT2D eigenvalue weighted by atomic mass is 16.6. The summed E-state index contributed by atoms with van der Waals surface area (Å²) < 4.78 is 4.67. The Balaban J connectivity index is 1.81. The van der Waals surface area contributed by atoms with Crippen LogP contribution in [0.4, 0.5) is 5.69 Å². The molecule has 6 nitrogen and oxygen atoms in total. The zero-order valence-corrected chi connectivity index (χ0v) is 13.1. The molecule has 120 valence electrons. The number of aromatic nitrogens is 2. The predicted molar refractivity (Wildman–Crippen MR) is 84.8 cm³/mol. The van der Waals surface area contributed by atoms with Crippen LogP contribution in [0.3, 0.4) is 0 Å². The molecule has 0 bridgehead atoms. The molecular formula is C16H23N3O3. The molecule has 0 fully saturated rings. The van der Waals surface area contributed by atoms with Crippen molar-refractivity contribution in [1.82, 2.24) is 10.3 Å². The van der Waals surface area contributed by atoms with Crippen molar-refractivity contribution < 1.29 is 9.55 Å². The van der Waals surface area contributed by atoms with Crippen molar-refractivity contribution in [2.24, 2.45) is 0 Å². The van der Waals surface area contributed by atoms with Crippen LogP contribution in [0.1, 0.15) is 63.9 Å². The Morgan fingerprint density at radius 1 is 1.00 bits per heavy atom. The first kappa shape index (κ1) is 16.4. The molecule has 0 aliphatic heterocycles. The van der Waals surface area contributed by atoms with Crippen molar-refractivity contribution in [3.8, 4) is 0 Å². The van der Waals surface area contributed by atoms with E-state index in [-0.39, 0.29) is 11.2 Å². The molecule has 1 aromatic carbocycles. The smallest absolute Gasteiger partial charge is 0.258 e. The number of rotatable bonds is 10. The molecule has 0 amide bonds. The Hall–Kier alpha value is -1.98. The van der Waals surface area contributed by atoms with E-state index in [0.29, 0.717) is 5.52 Å². The summed E-state index contributed by atoms with van der Waals surface area (Å²) in [6.45, 7) is 2.23. The van der Waals surface area contributed by atoms with Crippen molar-refractivity contribution >= 4 is 16.7 Å². The summed E-state index contributed by atoms with van der Waals surface area (Å²) in [7, 11) is 0. The summed E-state index contributed by atoms with van der Waals surface area (Å²) in [6, 6.07) is 3.26. The zero-order chi connectivity index (χ0) is 15.8. The van der Waals surface area contributed by atoms with Gasteiger partial charge in [-0.25, -0.2) is 4.63 Å². The number of fused-ring (bicyclic) bond motifs is 1. The van der Waals surface area contributed by atoms with E-state index < -0.39 is 4.92 Å². The zero-order valence-electron chi connectivity index (χ0n) is 13.1. The largest absolute Gasteiger partial charge is 0.300 e. The second kappa shape index (κ2) is 8.46. The maximum Gasteiger partial charge on any atom is 0.300 e. The molecule has 0 unspecified atom stereocenters. The minimum Gasteiger partial charge on any atom is -0.258 e. The fourth-order valence-electron chi connectivity index (χ4n) is 2.70. The van der Waals surface area contributed by atoms with Crippen molar-refractivity contribution in [2.45, 2.75) is 64.7 Å². The van der Waals surface area contributed by atoms with Gasteiger partial charge in [0.2, 0.25) is 5.52 Å². The van der Waals surface area contributed by atoms with Gasteiger partial charge in [0.05, 0.1) is 4.92 Å². The van der Waals surface area contributed by atoms with Gasteiger partial charge in [-0.2, -0.15) is 0 Å². The first-order valence-electron chi connectivity index (χ1n) is 8.12. The van der Waals surface area contributed by atoms with E-state index in [9.17, 15) is 10.1 Å². The highest BCUT2D eigenvalue weighted by Crippen LogP contribution is 2.26. The Labute approximate surface area is 130 Å². The standard InChI is InChI=1S/C16H23N3O3/c1-2-3-4-5-6-7-8-9-10-13-11-12-14(19(20)21)16-15(13)17-22-18-16/h11-12H,2-10H2,1H3. The van der Waals surface area contributed by atoms with Gasteiger partial charge in [0, 0.05) is 6.07 Å². The van der Waals surface area contributed by atoms with Crippen LogP contribution in [0.25, 0.3) is 11.0 Å². The van der Waals surface area contributed by atoms with Crippen LogP contribution in [0.15, 0.2) is 16.8 Å². The number of nitrogens with zero attached hydrogens (tertiary/aromatic N) is 3. The minimum absolute atomic E-state index is 0.0454. The fourth-order valence-corrected chi connectivity index (χ4v) is 2.70. The maximum absolute atomic E-state index is 10.9. The van der Waals surface area contributed by atoms with E-state index in [2.05, 4.69) is 21.9 Å². The molecule has 22 heavy (non-hydrogen) atoms. The molecule has 0 saturated carbocycles. The number of benzene rings is 1. The molecule has 0 atom stereocenters. The molecule has 0 saturated heterocycles. The molecule has 0 aliphatic rings. The lowest BCUT2D eigenvalue weighted by Crippen LogP contribution is -1.93. The molecule has 2 rings (SSSR count). The van der Waals surface area contributed by atoms with Crippen LogP contribution in [-0.4, -0.2) is 15.2 Å². The number of nitro groups is 1. The lowest BCUT2D eigenvalue weighted by molar-refractivity contribution is -0.383. The molecule has 0 aliphatic carbocycles. The van der Waals surface area contributed by atoms with Crippen molar-refractivity contribution in [3.05, 3.63) is 27.8 Å². The average molecular weight is 305 g/mol. The minimum atomic E-state index is -0.452. The predicted octanol–water partition coefficient (Wildman–Crippen LogP) is 4.81. The summed E-state index contributed by atoms with van der Waals surface area (Å²) in [5, 5.41) is 18.4. The van der Waals surface area contributed by atoms with Gasteiger partial charge < -0.3 is 0 Å². The van der Waals surface area contributed by atoms with Gasteiger partial charge in [-0.1, -0.05) is 51.9 Å². The van der Waals surface area contributed by atoms with Crippen molar-refractivity contribution in [2.75, 3.05) is 0 Å². The average Bonchev–Trinajstić information content (AvgIpc) is 2.99. The quantitative estimate of drug-likeness (QED) is 0.357. The van der Waals surface area contributed by atoms with Crippen LogP contribution in [0.2, 0.25) is 0 Å². The van der Waals surface area contributed by atoms with E-state index in [1.807, 2.05) is 0 Å². The maximum atomic E-state index is 10.9. The number of hydrogen-bond donors (Lipinski definition) is 0. The van der Waals surface area contributed by atoms with E-state index in [1.54, 1.807) is 6.07 Å². The summed E-state index contributed by atoms with van der Waals surface area (Å²) in [6.07, 6.45) is 10.9.